The lowest BCUT2D eigenvalue weighted by Crippen LogP contribution is -2.28. The molecular formula is C23H27NO3. The summed E-state index contributed by atoms with van der Waals surface area (Å²) >= 11 is 0. The molecule has 1 atom stereocenters. The Morgan fingerprint density at radius 2 is 2.00 bits per heavy atom. The molecule has 1 amide bonds. The number of carbonyl (C=O) groups excluding carboxylic acids is 1. The van der Waals surface area contributed by atoms with Crippen molar-refractivity contribution in [1.29, 1.82) is 0 Å². The molecule has 1 unspecified atom stereocenters. The monoisotopic (exact) mass is 365 g/mol. The summed E-state index contributed by atoms with van der Waals surface area (Å²) in [6.07, 6.45) is 5.51. The maximum atomic E-state index is 12.8. The second-order valence-electron chi connectivity index (χ2n) is 6.77. The normalized spacial score (nSPS) is 16.7. The highest BCUT2D eigenvalue weighted by molar-refractivity contribution is 5.92. The van der Waals surface area contributed by atoms with Gasteiger partial charge in [-0.2, -0.15) is 0 Å². The van der Waals surface area contributed by atoms with Gasteiger partial charge < -0.3 is 14.4 Å². The minimum Gasteiger partial charge on any atom is -0.496 e. The third-order valence-corrected chi connectivity index (χ3v) is 4.90. The molecule has 0 spiro atoms. The molecule has 0 radical (unpaired) electrons. The average molecular weight is 365 g/mol. The Morgan fingerprint density at radius 3 is 2.70 bits per heavy atom. The van der Waals surface area contributed by atoms with Crippen LogP contribution < -0.4 is 9.47 Å². The van der Waals surface area contributed by atoms with E-state index < -0.39 is 0 Å². The lowest BCUT2D eigenvalue weighted by atomic mass is 10.0. The predicted octanol–water partition coefficient (Wildman–Crippen LogP) is 4.78. The number of hydrogen-bond donors (Lipinski definition) is 0. The zero-order valence-electron chi connectivity index (χ0n) is 16.3. The highest BCUT2D eigenvalue weighted by atomic mass is 16.5. The lowest BCUT2D eigenvalue weighted by molar-refractivity contribution is -0.126. The Kier molecular flexibility index (Phi) is 6.17. The summed E-state index contributed by atoms with van der Waals surface area (Å²) in [7, 11) is 1.65. The summed E-state index contributed by atoms with van der Waals surface area (Å²) in [5.41, 5.74) is 3.21. The average Bonchev–Trinajstić information content (AvgIpc) is 3.17. The van der Waals surface area contributed by atoms with Gasteiger partial charge in [-0.1, -0.05) is 23.8 Å². The molecule has 4 nitrogen and oxygen atoms in total. The fourth-order valence-corrected chi connectivity index (χ4v) is 3.57. The minimum absolute atomic E-state index is 0.0370. The molecule has 0 N–H and O–H groups in total. The Morgan fingerprint density at radius 1 is 1.22 bits per heavy atom. The van der Waals surface area contributed by atoms with E-state index in [2.05, 4.69) is 12.1 Å². The second-order valence-corrected chi connectivity index (χ2v) is 6.77. The summed E-state index contributed by atoms with van der Waals surface area (Å²) in [4.78, 5) is 14.8. The first-order valence-electron chi connectivity index (χ1n) is 9.48. The second kappa shape index (κ2) is 8.76. The van der Waals surface area contributed by atoms with Crippen molar-refractivity contribution >= 4 is 12.0 Å². The van der Waals surface area contributed by atoms with Crippen molar-refractivity contribution in [2.45, 2.75) is 32.7 Å². The van der Waals surface area contributed by atoms with Crippen LogP contribution in [0, 0.1) is 6.92 Å². The molecule has 1 aliphatic heterocycles. The van der Waals surface area contributed by atoms with E-state index in [1.165, 1.54) is 0 Å². The van der Waals surface area contributed by atoms with Crippen LogP contribution in [0.4, 0.5) is 0 Å². The summed E-state index contributed by atoms with van der Waals surface area (Å²) in [6, 6.07) is 14.2. The zero-order chi connectivity index (χ0) is 19.2. The molecule has 0 saturated carbocycles. The van der Waals surface area contributed by atoms with Gasteiger partial charge in [0.1, 0.15) is 11.5 Å². The zero-order valence-corrected chi connectivity index (χ0v) is 16.3. The van der Waals surface area contributed by atoms with Gasteiger partial charge in [0.15, 0.2) is 0 Å². The van der Waals surface area contributed by atoms with Crippen LogP contribution in [0.15, 0.2) is 48.5 Å². The Balaban J connectivity index is 1.74. The first-order chi connectivity index (χ1) is 13.1. The number of amides is 1. The number of likely N-dealkylation sites (tertiary alicyclic amines) is 1. The summed E-state index contributed by atoms with van der Waals surface area (Å²) in [6.45, 7) is 5.44. The number of benzene rings is 2. The fourth-order valence-electron chi connectivity index (χ4n) is 3.57. The summed E-state index contributed by atoms with van der Waals surface area (Å²) in [5.74, 6) is 1.67. The SMILES string of the molecule is CCOc1ccc(C2CCCN2C(=O)/C=C/c2cc(C)ccc2OC)cc1. The van der Waals surface area contributed by atoms with Crippen LogP contribution in [-0.2, 0) is 4.79 Å². The van der Waals surface area contributed by atoms with Gasteiger partial charge in [0.25, 0.3) is 0 Å². The number of aryl methyl sites for hydroxylation is 1. The number of carbonyl (C=O) groups is 1. The van der Waals surface area contributed by atoms with Crippen molar-refractivity contribution in [1.82, 2.24) is 4.90 Å². The van der Waals surface area contributed by atoms with Crippen molar-refractivity contribution in [3.8, 4) is 11.5 Å². The van der Waals surface area contributed by atoms with Crippen LogP contribution in [0.5, 0.6) is 11.5 Å². The Hall–Kier alpha value is -2.75. The molecular weight excluding hydrogens is 338 g/mol. The van der Waals surface area contributed by atoms with E-state index in [-0.39, 0.29) is 11.9 Å². The molecule has 2 aromatic rings. The van der Waals surface area contributed by atoms with Gasteiger partial charge in [-0.3, -0.25) is 4.79 Å². The lowest BCUT2D eigenvalue weighted by Gasteiger charge is -2.24. The Labute approximate surface area is 161 Å². The summed E-state index contributed by atoms with van der Waals surface area (Å²) < 4.78 is 10.9. The molecule has 142 valence electrons. The van der Waals surface area contributed by atoms with Crippen LogP contribution in [0.2, 0.25) is 0 Å². The number of ether oxygens (including phenoxy) is 2. The molecule has 2 aromatic carbocycles. The molecule has 27 heavy (non-hydrogen) atoms. The van der Waals surface area contributed by atoms with Gasteiger partial charge in [0.2, 0.25) is 5.91 Å². The third-order valence-electron chi connectivity index (χ3n) is 4.90. The van der Waals surface area contributed by atoms with Crippen molar-refractivity contribution < 1.29 is 14.3 Å². The van der Waals surface area contributed by atoms with E-state index in [0.29, 0.717) is 6.61 Å². The highest BCUT2D eigenvalue weighted by Crippen LogP contribution is 2.33. The standard InChI is InChI=1S/C23H27NO3/c1-4-27-20-11-8-18(9-12-20)21-6-5-15-24(21)23(25)14-10-19-16-17(2)7-13-22(19)26-3/h7-14,16,21H,4-6,15H2,1-3H3/b14-10+. The molecule has 1 aliphatic rings. The first kappa shape index (κ1) is 19.0. The van der Waals surface area contributed by atoms with Crippen LogP contribution in [-0.4, -0.2) is 31.1 Å². The molecule has 1 fully saturated rings. The highest BCUT2D eigenvalue weighted by Gasteiger charge is 2.28. The van der Waals surface area contributed by atoms with Crippen molar-refractivity contribution in [2.24, 2.45) is 0 Å². The molecule has 0 bridgehead atoms. The van der Waals surface area contributed by atoms with Crippen LogP contribution >= 0.6 is 0 Å². The largest absolute Gasteiger partial charge is 0.496 e. The van der Waals surface area contributed by atoms with Gasteiger partial charge in [0.05, 0.1) is 19.8 Å². The van der Waals surface area contributed by atoms with E-state index in [4.69, 9.17) is 9.47 Å². The van der Waals surface area contributed by atoms with Gasteiger partial charge >= 0.3 is 0 Å². The maximum Gasteiger partial charge on any atom is 0.247 e. The van der Waals surface area contributed by atoms with Crippen molar-refractivity contribution in [3.05, 3.63) is 65.2 Å². The minimum atomic E-state index is 0.0370. The molecule has 0 aromatic heterocycles. The summed E-state index contributed by atoms with van der Waals surface area (Å²) in [5, 5.41) is 0. The van der Waals surface area contributed by atoms with Gasteiger partial charge in [-0.15, -0.1) is 0 Å². The maximum absolute atomic E-state index is 12.8. The number of methoxy groups -OCH3 is 1. The first-order valence-corrected chi connectivity index (χ1v) is 9.48. The van der Waals surface area contributed by atoms with E-state index in [0.717, 1.165) is 47.6 Å². The molecule has 1 saturated heterocycles. The van der Waals surface area contributed by atoms with Crippen molar-refractivity contribution in [3.63, 3.8) is 0 Å². The number of rotatable bonds is 6. The van der Waals surface area contributed by atoms with Crippen LogP contribution in [0.25, 0.3) is 6.08 Å². The van der Waals surface area contributed by atoms with Crippen LogP contribution in [0.3, 0.4) is 0 Å². The molecule has 1 heterocycles. The smallest absolute Gasteiger partial charge is 0.247 e. The van der Waals surface area contributed by atoms with E-state index >= 15 is 0 Å². The van der Waals surface area contributed by atoms with E-state index in [1.54, 1.807) is 13.2 Å². The molecule has 4 heteroatoms. The van der Waals surface area contributed by atoms with E-state index in [9.17, 15) is 4.79 Å². The number of hydrogen-bond acceptors (Lipinski definition) is 3. The van der Waals surface area contributed by atoms with Crippen molar-refractivity contribution in [2.75, 3.05) is 20.3 Å². The third kappa shape index (κ3) is 4.51. The van der Waals surface area contributed by atoms with Gasteiger partial charge in [0, 0.05) is 18.2 Å². The molecule has 3 rings (SSSR count). The van der Waals surface area contributed by atoms with Crippen LogP contribution in [0.1, 0.15) is 42.5 Å². The number of nitrogens with zero attached hydrogens (tertiary/aromatic N) is 1. The Bertz CT molecular complexity index is 811. The van der Waals surface area contributed by atoms with Gasteiger partial charge in [-0.05, 0) is 62.6 Å². The molecule has 0 aliphatic carbocycles. The van der Waals surface area contributed by atoms with Gasteiger partial charge in [-0.25, -0.2) is 0 Å². The predicted molar refractivity (Wildman–Crippen MR) is 108 cm³/mol. The van der Waals surface area contributed by atoms with E-state index in [1.807, 2.05) is 55.2 Å². The fraction of sp³-hybridized carbons (Fsp3) is 0.348. The topological polar surface area (TPSA) is 38.8 Å². The quantitative estimate of drug-likeness (QED) is 0.692.